The summed E-state index contributed by atoms with van der Waals surface area (Å²) in [5, 5.41) is 16.3. The van der Waals surface area contributed by atoms with Gasteiger partial charge in [0.05, 0.1) is 22.9 Å². The quantitative estimate of drug-likeness (QED) is 0.543. The highest BCUT2D eigenvalue weighted by Crippen LogP contribution is 2.35. The van der Waals surface area contributed by atoms with Crippen molar-refractivity contribution in [2.24, 2.45) is 7.05 Å². The van der Waals surface area contributed by atoms with Crippen LogP contribution in [-0.2, 0) is 23.2 Å². The van der Waals surface area contributed by atoms with Crippen molar-refractivity contribution in [3.63, 3.8) is 0 Å². The number of hydrogen-bond acceptors (Lipinski definition) is 5. The summed E-state index contributed by atoms with van der Waals surface area (Å²) in [4.78, 5) is 29.8. The average molecular weight is 374 g/mol. The molecule has 0 aliphatic carbocycles. The SMILES string of the molecule is Cc1ccc2c(C3=C(c4ccn(C)n4)C(=O)NC3=O)cn(CCCC#N)c2n1. The lowest BCUT2D eigenvalue weighted by molar-refractivity contribution is -0.122. The molecule has 1 aliphatic heterocycles. The summed E-state index contributed by atoms with van der Waals surface area (Å²) in [7, 11) is 1.76. The van der Waals surface area contributed by atoms with Crippen LogP contribution in [-0.4, -0.2) is 31.1 Å². The van der Waals surface area contributed by atoms with Crippen LogP contribution in [0.1, 0.15) is 29.8 Å². The molecule has 0 radical (unpaired) electrons. The topological polar surface area (TPSA) is 106 Å². The van der Waals surface area contributed by atoms with Gasteiger partial charge in [-0.25, -0.2) is 4.98 Å². The molecule has 2 amide bonds. The number of rotatable bonds is 5. The normalized spacial score (nSPS) is 14.0. The van der Waals surface area contributed by atoms with Crippen molar-refractivity contribution in [2.75, 3.05) is 0 Å². The van der Waals surface area contributed by atoms with Crippen LogP contribution in [0.2, 0.25) is 0 Å². The Hall–Kier alpha value is -3.73. The van der Waals surface area contributed by atoms with E-state index in [-0.39, 0.29) is 5.57 Å². The lowest BCUT2D eigenvalue weighted by Gasteiger charge is -2.02. The Morgan fingerprint density at radius 1 is 1.18 bits per heavy atom. The molecular formula is C20H18N6O2. The van der Waals surface area contributed by atoms with Crippen molar-refractivity contribution >= 4 is 34.0 Å². The van der Waals surface area contributed by atoms with Crippen molar-refractivity contribution in [3.05, 3.63) is 47.5 Å². The van der Waals surface area contributed by atoms with Crippen LogP contribution in [0.3, 0.4) is 0 Å². The minimum Gasteiger partial charge on any atom is -0.332 e. The number of imide groups is 1. The van der Waals surface area contributed by atoms with Gasteiger partial charge in [-0.05, 0) is 31.5 Å². The van der Waals surface area contributed by atoms with Crippen molar-refractivity contribution in [3.8, 4) is 6.07 Å². The van der Waals surface area contributed by atoms with Gasteiger partial charge in [0.1, 0.15) is 5.65 Å². The summed E-state index contributed by atoms with van der Waals surface area (Å²) in [6, 6.07) is 7.64. The van der Waals surface area contributed by atoms with Gasteiger partial charge >= 0.3 is 0 Å². The molecule has 4 heterocycles. The molecule has 4 rings (SSSR count). The van der Waals surface area contributed by atoms with Gasteiger partial charge in [0.15, 0.2) is 0 Å². The number of aromatic nitrogens is 4. The van der Waals surface area contributed by atoms with E-state index in [9.17, 15) is 9.59 Å². The second-order valence-electron chi connectivity index (χ2n) is 6.73. The number of carbonyl (C=O) groups excluding carboxylic acids is 2. The fourth-order valence-corrected chi connectivity index (χ4v) is 3.46. The Morgan fingerprint density at radius 2 is 1.96 bits per heavy atom. The third kappa shape index (κ3) is 2.87. The van der Waals surface area contributed by atoms with Crippen LogP contribution in [0.5, 0.6) is 0 Å². The molecule has 1 N–H and O–H groups in total. The molecular weight excluding hydrogens is 356 g/mol. The van der Waals surface area contributed by atoms with E-state index in [0.717, 1.165) is 16.7 Å². The van der Waals surface area contributed by atoms with Gasteiger partial charge in [-0.2, -0.15) is 10.4 Å². The van der Waals surface area contributed by atoms with E-state index in [1.54, 1.807) is 24.0 Å². The maximum absolute atomic E-state index is 12.7. The summed E-state index contributed by atoms with van der Waals surface area (Å²) in [6.07, 6.45) is 4.67. The number of pyridine rings is 1. The molecule has 1 aliphatic rings. The van der Waals surface area contributed by atoms with Crippen molar-refractivity contribution in [1.82, 2.24) is 24.6 Å². The van der Waals surface area contributed by atoms with Gasteiger partial charge in [-0.3, -0.25) is 19.6 Å². The monoisotopic (exact) mass is 374 g/mol. The minimum atomic E-state index is -0.454. The third-order valence-electron chi connectivity index (χ3n) is 4.72. The first-order valence-corrected chi connectivity index (χ1v) is 8.93. The van der Waals surface area contributed by atoms with Crippen molar-refractivity contribution in [1.29, 1.82) is 5.26 Å². The first-order valence-electron chi connectivity index (χ1n) is 8.93. The molecule has 0 aromatic carbocycles. The largest absolute Gasteiger partial charge is 0.332 e. The zero-order valence-electron chi connectivity index (χ0n) is 15.6. The van der Waals surface area contributed by atoms with Crippen LogP contribution < -0.4 is 5.32 Å². The van der Waals surface area contributed by atoms with E-state index in [1.165, 1.54) is 0 Å². The Balaban J connectivity index is 1.94. The highest BCUT2D eigenvalue weighted by atomic mass is 16.2. The van der Waals surface area contributed by atoms with Gasteiger partial charge in [0.2, 0.25) is 0 Å². The van der Waals surface area contributed by atoms with Crippen LogP contribution >= 0.6 is 0 Å². The smallest absolute Gasteiger partial charge is 0.261 e. The Labute approximate surface area is 161 Å². The van der Waals surface area contributed by atoms with E-state index in [2.05, 4.69) is 21.5 Å². The van der Waals surface area contributed by atoms with Crippen LogP contribution in [0, 0.1) is 18.3 Å². The average Bonchev–Trinajstić information content (AvgIpc) is 3.30. The number of nitrogens with zero attached hydrogens (tertiary/aromatic N) is 5. The number of amides is 2. The van der Waals surface area contributed by atoms with Gasteiger partial charge < -0.3 is 4.57 Å². The molecule has 3 aromatic heterocycles. The Kier molecular flexibility index (Phi) is 4.28. The lowest BCUT2D eigenvalue weighted by atomic mass is 9.99. The van der Waals surface area contributed by atoms with E-state index >= 15 is 0 Å². The molecule has 0 spiro atoms. The zero-order chi connectivity index (χ0) is 19.8. The molecule has 3 aromatic rings. The predicted molar refractivity (Wildman–Crippen MR) is 102 cm³/mol. The van der Waals surface area contributed by atoms with Gasteiger partial charge in [0, 0.05) is 49.1 Å². The summed E-state index contributed by atoms with van der Waals surface area (Å²) in [5.41, 5.74) is 3.24. The van der Waals surface area contributed by atoms with E-state index in [1.807, 2.05) is 29.8 Å². The maximum atomic E-state index is 12.7. The van der Waals surface area contributed by atoms with Crippen LogP contribution in [0.4, 0.5) is 0 Å². The Morgan fingerprint density at radius 3 is 2.68 bits per heavy atom. The van der Waals surface area contributed by atoms with Crippen LogP contribution in [0.25, 0.3) is 22.2 Å². The number of carbonyl (C=O) groups is 2. The minimum absolute atomic E-state index is 0.266. The van der Waals surface area contributed by atoms with E-state index < -0.39 is 11.8 Å². The predicted octanol–water partition coefficient (Wildman–Crippen LogP) is 1.95. The molecule has 0 atom stereocenters. The number of fused-ring (bicyclic) bond motifs is 1. The summed E-state index contributed by atoms with van der Waals surface area (Å²) >= 11 is 0. The molecule has 0 bridgehead atoms. The van der Waals surface area contributed by atoms with Crippen molar-refractivity contribution in [2.45, 2.75) is 26.3 Å². The summed E-state index contributed by atoms with van der Waals surface area (Å²) < 4.78 is 3.53. The number of nitriles is 1. The first kappa shape index (κ1) is 17.7. The fourth-order valence-electron chi connectivity index (χ4n) is 3.46. The zero-order valence-corrected chi connectivity index (χ0v) is 15.6. The standard InChI is InChI=1S/C20H18N6O2/c1-12-5-6-13-14(11-26(18(13)22-12)9-4-3-8-21)16-17(20(28)23-19(16)27)15-7-10-25(2)24-15/h5-7,10-11H,3-4,9H2,1-2H3,(H,23,27,28). The molecule has 0 saturated heterocycles. The van der Waals surface area contributed by atoms with Crippen LogP contribution in [0.15, 0.2) is 30.6 Å². The number of hydrogen-bond donors (Lipinski definition) is 1. The fraction of sp³-hybridized carbons (Fsp3) is 0.250. The van der Waals surface area contributed by atoms with E-state index in [4.69, 9.17) is 5.26 Å². The lowest BCUT2D eigenvalue weighted by Crippen LogP contribution is -2.22. The summed E-state index contributed by atoms with van der Waals surface area (Å²) in [6.45, 7) is 2.50. The van der Waals surface area contributed by atoms with Gasteiger partial charge in [0.25, 0.3) is 11.8 Å². The molecule has 0 fully saturated rings. The van der Waals surface area contributed by atoms with E-state index in [0.29, 0.717) is 36.2 Å². The second kappa shape index (κ2) is 6.78. The molecule has 28 heavy (non-hydrogen) atoms. The number of nitrogens with one attached hydrogen (secondary N) is 1. The molecule has 0 unspecified atom stereocenters. The first-order chi connectivity index (χ1) is 13.5. The molecule has 8 heteroatoms. The maximum Gasteiger partial charge on any atom is 0.261 e. The molecule has 0 saturated carbocycles. The summed E-state index contributed by atoms with van der Waals surface area (Å²) in [5.74, 6) is -0.897. The van der Waals surface area contributed by atoms with Gasteiger partial charge in [-0.1, -0.05) is 0 Å². The molecule has 8 nitrogen and oxygen atoms in total. The van der Waals surface area contributed by atoms with Crippen molar-refractivity contribution < 1.29 is 9.59 Å². The third-order valence-corrected chi connectivity index (χ3v) is 4.72. The number of aryl methyl sites for hydroxylation is 3. The molecule has 140 valence electrons. The second-order valence-corrected chi connectivity index (χ2v) is 6.73. The Bertz CT molecular complexity index is 1190. The highest BCUT2D eigenvalue weighted by molar-refractivity contribution is 6.49. The van der Waals surface area contributed by atoms with Gasteiger partial charge in [-0.15, -0.1) is 0 Å². The highest BCUT2D eigenvalue weighted by Gasteiger charge is 2.35. The number of unbranched alkanes of at least 4 members (excludes halogenated alkanes) is 1.